The molecule has 1 aromatic heterocycles. The highest BCUT2D eigenvalue weighted by molar-refractivity contribution is 6.03. The van der Waals surface area contributed by atoms with Crippen molar-refractivity contribution >= 4 is 11.6 Å². The van der Waals surface area contributed by atoms with Crippen LogP contribution in [-0.2, 0) is 4.74 Å². The molecular formula is C14H15N3O3. The summed E-state index contributed by atoms with van der Waals surface area (Å²) in [4.78, 5) is 12.0. The summed E-state index contributed by atoms with van der Waals surface area (Å²) in [5, 5.41) is 9.19. The Hall–Kier alpha value is -2.34. The van der Waals surface area contributed by atoms with Gasteiger partial charge in [-0.2, -0.15) is 5.10 Å². The second-order valence-electron chi connectivity index (χ2n) is 4.52. The number of nitrogens with one attached hydrogen (secondary N) is 2. The first-order valence-electron chi connectivity index (χ1n) is 6.47. The third kappa shape index (κ3) is 2.80. The van der Waals surface area contributed by atoms with Crippen molar-refractivity contribution in [3.05, 3.63) is 42.2 Å². The first-order valence-corrected chi connectivity index (χ1v) is 6.47. The summed E-state index contributed by atoms with van der Waals surface area (Å²) in [6.07, 6.45) is 2.44. The van der Waals surface area contributed by atoms with Gasteiger partial charge in [0.15, 0.2) is 0 Å². The lowest BCUT2D eigenvalue weighted by molar-refractivity contribution is 0.102. The van der Waals surface area contributed by atoms with E-state index in [1.807, 2.05) is 18.2 Å². The average Bonchev–Trinajstić information content (AvgIpc) is 3.13. The van der Waals surface area contributed by atoms with E-state index in [1.54, 1.807) is 12.1 Å². The van der Waals surface area contributed by atoms with Crippen LogP contribution in [0.15, 0.2) is 36.5 Å². The number of hydrogen-bond donors (Lipinski definition) is 2. The molecule has 6 heteroatoms. The fraction of sp³-hybridized carbons (Fsp3) is 0.286. The minimum Gasteiger partial charge on any atom is -0.486 e. The molecule has 0 aliphatic carbocycles. The van der Waals surface area contributed by atoms with Crippen LogP contribution < -0.4 is 10.1 Å². The monoisotopic (exact) mass is 273 g/mol. The van der Waals surface area contributed by atoms with Gasteiger partial charge in [-0.25, -0.2) is 0 Å². The largest absolute Gasteiger partial charge is 0.486 e. The van der Waals surface area contributed by atoms with E-state index < -0.39 is 0 Å². The molecule has 1 aromatic carbocycles. The second-order valence-corrected chi connectivity index (χ2v) is 4.52. The average molecular weight is 273 g/mol. The number of hydrogen-bond acceptors (Lipinski definition) is 4. The second kappa shape index (κ2) is 5.75. The van der Waals surface area contributed by atoms with E-state index in [2.05, 4.69) is 15.5 Å². The molecule has 0 spiro atoms. The molecule has 1 atom stereocenters. The summed E-state index contributed by atoms with van der Waals surface area (Å²) in [6.45, 7) is 1.30. The van der Waals surface area contributed by atoms with Crippen LogP contribution in [0.2, 0.25) is 0 Å². The highest BCUT2D eigenvalue weighted by atomic mass is 16.5. The number of ether oxygens (including phenoxy) is 2. The minimum absolute atomic E-state index is 0.0419. The number of anilines is 1. The van der Waals surface area contributed by atoms with Crippen LogP contribution in [0.25, 0.3) is 0 Å². The molecule has 0 bridgehead atoms. The maximum Gasteiger partial charge on any atom is 0.273 e. The molecule has 3 rings (SSSR count). The van der Waals surface area contributed by atoms with Gasteiger partial charge in [0, 0.05) is 12.6 Å². The molecule has 6 nitrogen and oxygen atoms in total. The number of nitrogens with zero attached hydrogens (tertiary/aromatic N) is 1. The SMILES string of the molecule is O=C(Nc1ccccc1O[C@H]1CCOC1)c1ccn[nH]1. The van der Waals surface area contributed by atoms with Crippen LogP contribution in [0.4, 0.5) is 5.69 Å². The summed E-state index contributed by atoms with van der Waals surface area (Å²) in [5.41, 5.74) is 1.04. The predicted molar refractivity (Wildman–Crippen MR) is 72.8 cm³/mol. The van der Waals surface area contributed by atoms with Gasteiger partial charge in [0.05, 0.1) is 18.9 Å². The smallest absolute Gasteiger partial charge is 0.273 e. The van der Waals surface area contributed by atoms with Gasteiger partial charge in [-0.3, -0.25) is 9.89 Å². The number of aromatic nitrogens is 2. The summed E-state index contributed by atoms with van der Waals surface area (Å²) in [6, 6.07) is 8.97. The van der Waals surface area contributed by atoms with Gasteiger partial charge in [0.1, 0.15) is 17.5 Å². The summed E-state index contributed by atoms with van der Waals surface area (Å²) >= 11 is 0. The Morgan fingerprint density at radius 2 is 2.30 bits per heavy atom. The van der Waals surface area contributed by atoms with Gasteiger partial charge < -0.3 is 14.8 Å². The lowest BCUT2D eigenvalue weighted by atomic mass is 10.2. The topological polar surface area (TPSA) is 76.2 Å². The molecule has 1 aliphatic rings. The number of benzene rings is 1. The van der Waals surface area contributed by atoms with Crippen LogP contribution in [0.3, 0.4) is 0 Å². The van der Waals surface area contributed by atoms with E-state index in [0.29, 0.717) is 30.3 Å². The minimum atomic E-state index is -0.249. The molecule has 20 heavy (non-hydrogen) atoms. The Labute approximate surface area is 116 Å². The maximum atomic E-state index is 12.0. The zero-order chi connectivity index (χ0) is 13.8. The molecule has 1 amide bonds. The number of amides is 1. The Balaban J connectivity index is 1.73. The summed E-state index contributed by atoms with van der Waals surface area (Å²) in [5.74, 6) is 0.400. The van der Waals surface area contributed by atoms with E-state index in [-0.39, 0.29) is 12.0 Å². The van der Waals surface area contributed by atoms with E-state index in [1.165, 1.54) is 6.20 Å². The van der Waals surface area contributed by atoms with Crippen molar-refractivity contribution in [3.63, 3.8) is 0 Å². The molecule has 2 aromatic rings. The first-order chi connectivity index (χ1) is 9.83. The number of para-hydroxylation sites is 2. The van der Waals surface area contributed by atoms with Crippen molar-refractivity contribution in [2.75, 3.05) is 18.5 Å². The normalized spacial score (nSPS) is 17.9. The zero-order valence-electron chi connectivity index (χ0n) is 10.8. The van der Waals surface area contributed by atoms with Crippen LogP contribution in [0.1, 0.15) is 16.9 Å². The Morgan fingerprint density at radius 1 is 1.40 bits per heavy atom. The van der Waals surface area contributed by atoms with Crippen molar-refractivity contribution in [3.8, 4) is 5.75 Å². The maximum absolute atomic E-state index is 12.0. The van der Waals surface area contributed by atoms with E-state index in [0.717, 1.165) is 6.42 Å². The molecule has 0 unspecified atom stereocenters. The Bertz CT molecular complexity index is 577. The molecular weight excluding hydrogens is 258 g/mol. The summed E-state index contributed by atoms with van der Waals surface area (Å²) in [7, 11) is 0. The van der Waals surface area contributed by atoms with Crippen LogP contribution in [0.5, 0.6) is 5.75 Å². The van der Waals surface area contributed by atoms with E-state index >= 15 is 0 Å². The lowest BCUT2D eigenvalue weighted by Gasteiger charge is -2.15. The summed E-state index contributed by atoms with van der Waals surface area (Å²) < 4.78 is 11.1. The highest BCUT2D eigenvalue weighted by Gasteiger charge is 2.19. The fourth-order valence-corrected chi connectivity index (χ4v) is 2.03. The van der Waals surface area contributed by atoms with Gasteiger partial charge in [-0.05, 0) is 18.2 Å². The van der Waals surface area contributed by atoms with E-state index in [9.17, 15) is 4.79 Å². The standard InChI is InChI=1S/C14H15N3O3/c18-14(12-5-7-15-17-12)16-11-3-1-2-4-13(11)20-10-6-8-19-9-10/h1-5,7,10H,6,8-9H2,(H,15,17)(H,16,18)/t10-/m0/s1. The zero-order valence-corrected chi connectivity index (χ0v) is 10.8. The third-order valence-corrected chi connectivity index (χ3v) is 3.06. The number of aromatic amines is 1. The van der Waals surface area contributed by atoms with Gasteiger partial charge in [-0.15, -0.1) is 0 Å². The predicted octanol–water partition coefficient (Wildman–Crippen LogP) is 1.83. The molecule has 104 valence electrons. The Morgan fingerprint density at radius 3 is 3.05 bits per heavy atom. The van der Waals surface area contributed by atoms with E-state index in [4.69, 9.17) is 9.47 Å². The number of rotatable bonds is 4. The highest BCUT2D eigenvalue weighted by Crippen LogP contribution is 2.26. The molecule has 2 N–H and O–H groups in total. The number of carbonyl (C=O) groups excluding carboxylic acids is 1. The molecule has 1 saturated heterocycles. The van der Waals surface area contributed by atoms with Crippen LogP contribution >= 0.6 is 0 Å². The lowest BCUT2D eigenvalue weighted by Crippen LogP contribution is -2.18. The Kier molecular flexibility index (Phi) is 3.64. The molecule has 0 radical (unpaired) electrons. The molecule has 0 saturated carbocycles. The van der Waals surface area contributed by atoms with Crippen molar-refractivity contribution in [1.29, 1.82) is 0 Å². The third-order valence-electron chi connectivity index (χ3n) is 3.06. The van der Waals surface area contributed by atoms with Crippen molar-refractivity contribution in [2.45, 2.75) is 12.5 Å². The quantitative estimate of drug-likeness (QED) is 0.891. The fourth-order valence-electron chi connectivity index (χ4n) is 2.03. The van der Waals surface area contributed by atoms with Crippen molar-refractivity contribution in [1.82, 2.24) is 10.2 Å². The first kappa shape index (κ1) is 12.7. The van der Waals surface area contributed by atoms with Gasteiger partial charge in [0.2, 0.25) is 0 Å². The molecule has 2 heterocycles. The molecule has 1 fully saturated rings. The van der Waals surface area contributed by atoms with Gasteiger partial charge in [0.25, 0.3) is 5.91 Å². The van der Waals surface area contributed by atoms with Crippen LogP contribution in [0, 0.1) is 0 Å². The van der Waals surface area contributed by atoms with Gasteiger partial charge in [-0.1, -0.05) is 12.1 Å². The van der Waals surface area contributed by atoms with Crippen molar-refractivity contribution < 1.29 is 14.3 Å². The van der Waals surface area contributed by atoms with Crippen LogP contribution in [-0.4, -0.2) is 35.4 Å². The van der Waals surface area contributed by atoms with Gasteiger partial charge >= 0.3 is 0 Å². The number of carbonyl (C=O) groups is 1. The van der Waals surface area contributed by atoms with Crippen molar-refractivity contribution in [2.24, 2.45) is 0 Å². The number of H-pyrrole nitrogens is 1. The molecule has 1 aliphatic heterocycles.